The smallest absolute Gasteiger partial charge is 0.409 e. The molecule has 4 N–H and O–H groups in total. The summed E-state index contributed by atoms with van der Waals surface area (Å²) in [6.07, 6.45) is -1.35. The van der Waals surface area contributed by atoms with E-state index in [1.165, 1.54) is 31.4 Å². The number of nitrogens with one attached hydrogen (secondary N) is 3. The van der Waals surface area contributed by atoms with Gasteiger partial charge in [-0.2, -0.15) is 4.98 Å². The van der Waals surface area contributed by atoms with Crippen molar-refractivity contribution < 1.29 is 27.9 Å². The van der Waals surface area contributed by atoms with Crippen molar-refractivity contribution in [1.29, 1.82) is 0 Å². The van der Waals surface area contributed by atoms with Crippen LogP contribution in [0, 0.1) is 6.92 Å². The third-order valence-electron chi connectivity index (χ3n) is 2.89. The van der Waals surface area contributed by atoms with Crippen molar-refractivity contribution in [2.24, 2.45) is 0 Å². The zero-order valence-corrected chi connectivity index (χ0v) is 14.5. The van der Waals surface area contributed by atoms with Crippen molar-refractivity contribution in [2.45, 2.75) is 11.8 Å². The number of carboxylic acid groups (broad SMARTS) is 1. The first-order chi connectivity index (χ1) is 12.2. The highest BCUT2D eigenvalue weighted by Gasteiger charge is 2.19. The molecule has 0 aliphatic carbocycles. The maximum Gasteiger partial charge on any atom is 0.409 e. The SMILES string of the molecule is COc1cc(C)nc(NC(=O)NS(=O)(=O)c2cccc(NC(=O)O)c2)n1. The fourth-order valence-corrected chi connectivity index (χ4v) is 2.83. The fraction of sp³-hybridized carbons (Fsp3) is 0.143. The Labute approximate surface area is 148 Å². The molecule has 12 heteroatoms. The highest BCUT2D eigenvalue weighted by Crippen LogP contribution is 2.16. The number of sulfonamides is 1. The van der Waals surface area contributed by atoms with Crippen LogP contribution in [-0.2, 0) is 10.0 Å². The third-order valence-corrected chi connectivity index (χ3v) is 4.22. The van der Waals surface area contributed by atoms with Crippen LogP contribution in [0.3, 0.4) is 0 Å². The summed E-state index contributed by atoms with van der Waals surface area (Å²) in [7, 11) is -2.86. The van der Waals surface area contributed by atoms with Gasteiger partial charge in [0.15, 0.2) is 0 Å². The second-order valence-corrected chi connectivity index (χ2v) is 6.58. The molecule has 0 spiro atoms. The Morgan fingerprint density at radius 3 is 2.54 bits per heavy atom. The number of methoxy groups -OCH3 is 1. The van der Waals surface area contributed by atoms with Gasteiger partial charge < -0.3 is 9.84 Å². The number of carbonyl (C=O) groups excluding carboxylic acids is 1. The Kier molecular flexibility index (Phi) is 5.57. The second kappa shape index (κ2) is 7.65. The van der Waals surface area contributed by atoms with Gasteiger partial charge in [0.2, 0.25) is 11.8 Å². The molecule has 2 rings (SSSR count). The lowest BCUT2D eigenvalue weighted by Gasteiger charge is -2.10. The number of aromatic nitrogens is 2. The number of hydrogen-bond donors (Lipinski definition) is 4. The molecule has 0 atom stereocenters. The number of rotatable bonds is 5. The lowest BCUT2D eigenvalue weighted by Crippen LogP contribution is -2.35. The predicted octanol–water partition coefficient (Wildman–Crippen LogP) is 1.39. The lowest BCUT2D eigenvalue weighted by atomic mass is 10.3. The fourth-order valence-electron chi connectivity index (χ4n) is 1.87. The predicted molar refractivity (Wildman–Crippen MR) is 90.8 cm³/mol. The van der Waals surface area contributed by atoms with Gasteiger partial charge in [-0.3, -0.25) is 10.6 Å². The number of carbonyl (C=O) groups is 2. The van der Waals surface area contributed by atoms with E-state index in [0.717, 1.165) is 6.07 Å². The molecular weight excluding hydrogens is 366 g/mol. The van der Waals surface area contributed by atoms with Crippen LogP contribution >= 0.6 is 0 Å². The molecule has 138 valence electrons. The van der Waals surface area contributed by atoms with Crippen LogP contribution in [0.15, 0.2) is 35.2 Å². The zero-order chi connectivity index (χ0) is 19.3. The van der Waals surface area contributed by atoms with E-state index in [1.807, 2.05) is 5.32 Å². The minimum Gasteiger partial charge on any atom is -0.481 e. The number of aryl methyl sites for hydroxylation is 1. The van der Waals surface area contributed by atoms with Crippen molar-refractivity contribution in [3.8, 4) is 5.88 Å². The highest BCUT2D eigenvalue weighted by molar-refractivity contribution is 7.90. The van der Waals surface area contributed by atoms with Gasteiger partial charge in [-0.15, -0.1) is 0 Å². The molecule has 0 aliphatic rings. The summed E-state index contributed by atoms with van der Waals surface area (Å²) in [4.78, 5) is 30.1. The number of ether oxygens (including phenoxy) is 1. The minimum absolute atomic E-state index is 0.0348. The molecule has 1 aromatic carbocycles. The van der Waals surface area contributed by atoms with Crippen LogP contribution in [0.4, 0.5) is 21.2 Å². The van der Waals surface area contributed by atoms with E-state index in [4.69, 9.17) is 9.84 Å². The van der Waals surface area contributed by atoms with Crippen LogP contribution in [0.2, 0.25) is 0 Å². The summed E-state index contributed by atoms with van der Waals surface area (Å²) < 4.78 is 31.2. The first-order valence-corrected chi connectivity index (χ1v) is 8.51. The summed E-state index contributed by atoms with van der Waals surface area (Å²) in [5, 5.41) is 12.9. The Morgan fingerprint density at radius 2 is 1.88 bits per heavy atom. The standard InChI is InChI=1S/C14H15N5O6S/c1-8-6-11(25-2)17-12(15-8)18-13(20)19-26(23,24)10-5-3-4-9(7-10)16-14(21)22/h3-7,16H,1-2H3,(H,21,22)(H2,15,17,18,19,20). The van der Waals surface area contributed by atoms with Crippen molar-refractivity contribution in [1.82, 2.24) is 14.7 Å². The molecule has 0 saturated heterocycles. The number of urea groups is 1. The van der Waals surface area contributed by atoms with E-state index < -0.39 is 22.1 Å². The molecule has 0 aliphatic heterocycles. The van der Waals surface area contributed by atoms with E-state index in [-0.39, 0.29) is 22.4 Å². The van der Waals surface area contributed by atoms with Crippen LogP contribution in [-0.4, -0.2) is 42.7 Å². The van der Waals surface area contributed by atoms with Gasteiger partial charge >= 0.3 is 12.1 Å². The van der Waals surface area contributed by atoms with Crippen LogP contribution in [0.25, 0.3) is 0 Å². The van der Waals surface area contributed by atoms with Gasteiger partial charge in [0, 0.05) is 17.4 Å². The molecule has 2 aromatic rings. The lowest BCUT2D eigenvalue weighted by molar-refractivity contribution is 0.209. The van der Waals surface area contributed by atoms with Gasteiger partial charge in [-0.05, 0) is 25.1 Å². The average molecular weight is 381 g/mol. The molecule has 0 bridgehead atoms. The quantitative estimate of drug-likeness (QED) is 0.604. The third kappa shape index (κ3) is 5.04. The van der Waals surface area contributed by atoms with Gasteiger partial charge in [0.1, 0.15) is 0 Å². The Bertz CT molecular complexity index is 947. The van der Waals surface area contributed by atoms with E-state index in [2.05, 4.69) is 15.3 Å². The number of anilines is 2. The normalized spacial score (nSPS) is 10.7. The summed E-state index contributed by atoms with van der Waals surface area (Å²) in [5.41, 5.74) is 0.537. The Balaban J connectivity index is 2.15. The number of amides is 3. The summed E-state index contributed by atoms with van der Waals surface area (Å²) in [6.45, 7) is 1.64. The van der Waals surface area contributed by atoms with Crippen LogP contribution < -0.4 is 20.1 Å². The average Bonchev–Trinajstić information content (AvgIpc) is 2.53. The van der Waals surface area contributed by atoms with Crippen molar-refractivity contribution in [3.63, 3.8) is 0 Å². The van der Waals surface area contributed by atoms with E-state index in [1.54, 1.807) is 11.6 Å². The minimum atomic E-state index is -4.25. The van der Waals surface area contributed by atoms with Crippen LogP contribution in [0.1, 0.15) is 5.69 Å². The molecule has 0 unspecified atom stereocenters. The topological polar surface area (TPSA) is 160 Å². The van der Waals surface area contributed by atoms with Crippen molar-refractivity contribution in [2.75, 3.05) is 17.7 Å². The summed E-state index contributed by atoms with van der Waals surface area (Å²) in [5.74, 6) is 0.0546. The van der Waals surface area contributed by atoms with E-state index in [0.29, 0.717) is 5.69 Å². The monoisotopic (exact) mass is 381 g/mol. The molecular formula is C14H15N5O6S. The number of hydrogen-bond acceptors (Lipinski definition) is 7. The van der Waals surface area contributed by atoms with Gasteiger partial charge in [-0.25, -0.2) is 27.7 Å². The molecule has 11 nitrogen and oxygen atoms in total. The van der Waals surface area contributed by atoms with Crippen molar-refractivity contribution in [3.05, 3.63) is 36.0 Å². The first kappa shape index (κ1) is 18.9. The Morgan fingerprint density at radius 1 is 1.15 bits per heavy atom. The molecule has 0 radical (unpaired) electrons. The zero-order valence-electron chi connectivity index (χ0n) is 13.7. The van der Waals surface area contributed by atoms with Gasteiger partial charge in [0.05, 0.1) is 12.0 Å². The second-order valence-electron chi connectivity index (χ2n) is 4.89. The molecule has 1 heterocycles. The van der Waals surface area contributed by atoms with Gasteiger partial charge in [-0.1, -0.05) is 6.07 Å². The first-order valence-electron chi connectivity index (χ1n) is 7.03. The van der Waals surface area contributed by atoms with E-state index in [9.17, 15) is 18.0 Å². The molecule has 0 saturated carbocycles. The molecule has 3 amide bonds. The largest absolute Gasteiger partial charge is 0.481 e. The van der Waals surface area contributed by atoms with Crippen LogP contribution in [0.5, 0.6) is 5.88 Å². The number of nitrogens with zero attached hydrogens (tertiary/aromatic N) is 2. The number of benzene rings is 1. The Hall–Kier alpha value is -3.41. The van der Waals surface area contributed by atoms with Gasteiger partial charge in [0.25, 0.3) is 10.0 Å². The molecule has 26 heavy (non-hydrogen) atoms. The summed E-state index contributed by atoms with van der Waals surface area (Å²) in [6, 6.07) is 5.40. The van der Waals surface area contributed by atoms with Crippen molar-refractivity contribution >= 4 is 33.8 Å². The highest BCUT2D eigenvalue weighted by atomic mass is 32.2. The maximum absolute atomic E-state index is 12.2. The molecule has 0 fully saturated rings. The maximum atomic E-state index is 12.2. The summed E-state index contributed by atoms with van der Waals surface area (Å²) >= 11 is 0. The molecule has 1 aromatic heterocycles. The van der Waals surface area contributed by atoms with E-state index >= 15 is 0 Å².